The second-order valence-corrected chi connectivity index (χ2v) is 9.18. The smallest absolute Gasteiger partial charge is 0.210 e. The van der Waals surface area contributed by atoms with Gasteiger partial charge < -0.3 is 29.5 Å². The zero-order valence-electron chi connectivity index (χ0n) is 22.8. The lowest BCUT2D eigenvalue weighted by atomic mass is 9.80. The average Bonchev–Trinajstić information content (AvgIpc) is 2.97. The SMILES string of the molecule is [3H]OCCCC(O)C(O)CCCCCOC(c1ccccc1)(c1ccc(OC)cc1)c1ccc(OC)cc1. The first-order valence-electron chi connectivity index (χ1n) is 13.4. The number of aliphatic hydroxyl groups excluding tert-OH is 3. The zero-order valence-corrected chi connectivity index (χ0v) is 21.8. The van der Waals surface area contributed by atoms with Gasteiger partial charge in [0.1, 0.15) is 17.1 Å². The van der Waals surface area contributed by atoms with Crippen molar-refractivity contribution < 1.29 is 29.5 Å². The standard InChI is InChI=1S/C31H40O6/c1-35-27-18-14-25(15-19-27)31(24-10-5-3-6-11-24,26-16-20-28(36-2)21-17-26)37-23-8-4-7-12-29(33)30(34)13-9-22-32/h3,5-6,10-11,14-21,29-30,32-34H,4,7-9,12-13,22-23H2,1-2H3/i32T. The molecule has 0 aromatic heterocycles. The van der Waals surface area contributed by atoms with Gasteiger partial charge >= 0.3 is 0 Å². The number of methoxy groups -OCH3 is 2. The molecule has 3 N–H and O–H groups in total. The molecule has 6 nitrogen and oxygen atoms in total. The lowest BCUT2D eigenvalue weighted by Crippen LogP contribution is -2.33. The van der Waals surface area contributed by atoms with Gasteiger partial charge in [0.25, 0.3) is 0 Å². The molecule has 2 atom stereocenters. The number of hydrogen-bond acceptors (Lipinski definition) is 6. The van der Waals surface area contributed by atoms with E-state index in [1.165, 1.54) is 0 Å². The molecule has 0 amide bonds. The highest BCUT2D eigenvalue weighted by Gasteiger charge is 2.37. The number of aliphatic hydroxyl groups is 3. The van der Waals surface area contributed by atoms with Crippen molar-refractivity contribution in [1.82, 2.24) is 0 Å². The van der Waals surface area contributed by atoms with Crippen molar-refractivity contribution in [2.45, 2.75) is 56.3 Å². The Bertz CT molecular complexity index is 995. The van der Waals surface area contributed by atoms with Crippen molar-refractivity contribution in [3.05, 3.63) is 95.6 Å². The quantitative estimate of drug-likeness (QED) is 0.174. The maximum Gasteiger partial charge on any atom is 0.210 e. The number of ether oxygens (including phenoxy) is 3. The molecular formula is C31H40O6. The maximum atomic E-state index is 10.2. The van der Waals surface area contributed by atoms with E-state index in [4.69, 9.17) is 15.6 Å². The van der Waals surface area contributed by atoms with Crippen LogP contribution in [-0.4, -0.2) is 56.4 Å². The Labute approximate surface area is 222 Å². The zero-order chi connectivity index (χ0) is 27.2. The number of unbranched alkanes of at least 4 members (excludes halogenated alkanes) is 2. The maximum absolute atomic E-state index is 10.2. The summed E-state index contributed by atoms with van der Waals surface area (Å²) < 4.78 is 24.3. The third-order valence-corrected chi connectivity index (χ3v) is 6.72. The van der Waals surface area contributed by atoms with Gasteiger partial charge in [0.2, 0.25) is 1.43 Å². The van der Waals surface area contributed by atoms with Gasteiger partial charge in [-0.05, 0) is 66.6 Å². The highest BCUT2D eigenvalue weighted by atomic mass is 16.5. The Morgan fingerprint density at radius 2 is 1.19 bits per heavy atom. The van der Waals surface area contributed by atoms with Crippen LogP contribution in [0.15, 0.2) is 78.9 Å². The van der Waals surface area contributed by atoms with Crippen LogP contribution >= 0.6 is 0 Å². The van der Waals surface area contributed by atoms with Gasteiger partial charge in [0, 0.05) is 13.2 Å². The van der Waals surface area contributed by atoms with Crippen LogP contribution in [-0.2, 0) is 10.3 Å². The van der Waals surface area contributed by atoms with E-state index in [1.54, 1.807) is 14.2 Å². The Morgan fingerprint density at radius 1 is 0.676 bits per heavy atom. The van der Waals surface area contributed by atoms with Crippen LogP contribution in [0.1, 0.15) is 55.2 Å². The van der Waals surface area contributed by atoms with Gasteiger partial charge in [-0.15, -0.1) is 0 Å². The molecule has 3 aromatic carbocycles. The van der Waals surface area contributed by atoms with Crippen LogP contribution in [0.25, 0.3) is 0 Å². The Hall–Kier alpha value is -2.90. The normalized spacial score (nSPS) is 13.6. The van der Waals surface area contributed by atoms with E-state index in [1.807, 2.05) is 66.7 Å². The van der Waals surface area contributed by atoms with Gasteiger partial charge in [0.05, 0.1) is 26.4 Å². The fraction of sp³-hybridized carbons (Fsp3) is 0.419. The van der Waals surface area contributed by atoms with E-state index >= 15 is 0 Å². The summed E-state index contributed by atoms with van der Waals surface area (Å²) in [4.78, 5) is 0. The van der Waals surface area contributed by atoms with Crippen molar-refractivity contribution in [3.8, 4) is 11.5 Å². The molecule has 3 rings (SSSR count). The molecule has 0 saturated heterocycles. The summed E-state index contributed by atoms with van der Waals surface area (Å²) >= 11 is 0. The predicted molar refractivity (Wildman–Crippen MR) is 145 cm³/mol. The minimum Gasteiger partial charge on any atom is -0.497 e. The van der Waals surface area contributed by atoms with Crippen molar-refractivity contribution in [3.63, 3.8) is 0 Å². The summed E-state index contributed by atoms with van der Waals surface area (Å²) in [5.74, 6) is 1.55. The fourth-order valence-corrected chi connectivity index (χ4v) is 4.61. The second kappa shape index (κ2) is 14.7. The molecule has 6 heteroatoms. The Balaban J connectivity index is 1.76. The Morgan fingerprint density at radius 3 is 1.70 bits per heavy atom. The molecule has 37 heavy (non-hydrogen) atoms. The van der Waals surface area contributed by atoms with Gasteiger partial charge in [-0.3, -0.25) is 0 Å². The molecule has 0 radical (unpaired) electrons. The van der Waals surface area contributed by atoms with Crippen molar-refractivity contribution >= 4 is 0 Å². The first kappa shape index (κ1) is 27.1. The first-order chi connectivity index (χ1) is 18.5. The topological polar surface area (TPSA) is 88.4 Å². The molecule has 0 bridgehead atoms. The number of hydrogen-bond donors (Lipinski definition) is 3. The molecule has 2 unspecified atom stereocenters. The summed E-state index contributed by atoms with van der Waals surface area (Å²) in [6, 6.07) is 26.1. The van der Waals surface area contributed by atoms with E-state index in [0.717, 1.165) is 47.5 Å². The van der Waals surface area contributed by atoms with E-state index in [0.29, 0.717) is 25.9 Å². The predicted octanol–water partition coefficient (Wildman–Crippen LogP) is 5.07. The van der Waals surface area contributed by atoms with E-state index in [9.17, 15) is 10.2 Å². The highest BCUT2D eigenvalue weighted by Crippen LogP contribution is 2.41. The summed E-state index contributed by atoms with van der Waals surface area (Å²) in [6.45, 7) is 0.763. The molecule has 3 aromatic rings. The minimum absolute atomic E-state index is 0.257. The third-order valence-electron chi connectivity index (χ3n) is 6.72. The van der Waals surface area contributed by atoms with E-state index in [2.05, 4.69) is 17.2 Å². The second-order valence-electron chi connectivity index (χ2n) is 9.18. The van der Waals surface area contributed by atoms with Crippen LogP contribution < -0.4 is 9.47 Å². The molecule has 0 heterocycles. The van der Waals surface area contributed by atoms with Crippen molar-refractivity contribution in [2.24, 2.45) is 0 Å². The van der Waals surface area contributed by atoms with Crippen molar-refractivity contribution in [2.75, 3.05) is 27.4 Å². The van der Waals surface area contributed by atoms with Gasteiger partial charge in [-0.1, -0.05) is 67.4 Å². The molecule has 0 aliphatic heterocycles. The monoisotopic (exact) mass is 510 g/mol. The van der Waals surface area contributed by atoms with Gasteiger partial charge in [0.15, 0.2) is 0 Å². The summed E-state index contributed by atoms with van der Waals surface area (Å²) in [5.41, 5.74) is 2.16. The van der Waals surface area contributed by atoms with Crippen LogP contribution in [0.3, 0.4) is 0 Å². The van der Waals surface area contributed by atoms with Crippen LogP contribution in [0, 0.1) is 0 Å². The van der Waals surface area contributed by atoms with E-state index < -0.39 is 17.8 Å². The van der Waals surface area contributed by atoms with Crippen LogP contribution in [0.5, 0.6) is 11.5 Å². The van der Waals surface area contributed by atoms with Crippen molar-refractivity contribution in [1.29, 1.82) is 1.43 Å². The molecule has 0 fully saturated rings. The molecular weight excluding hydrogens is 468 g/mol. The lowest BCUT2D eigenvalue weighted by Gasteiger charge is -2.36. The van der Waals surface area contributed by atoms with Crippen LogP contribution in [0.4, 0.5) is 0 Å². The van der Waals surface area contributed by atoms with Gasteiger partial charge in [-0.25, -0.2) is 0 Å². The molecule has 0 saturated carbocycles. The highest BCUT2D eigenvalue weighted by molar-refractivity contribution is 5.49. The molecule has 0 aliphatic carbocycles. The third kappa shape index (κ3) is 7.55. The Kier molecular flexibility index (Phi) is 10.8. The number of benzene rings is 3. The largest absolute Gasteiger partial charge is 0.497 e. The average molecular weight is 511 g/mol. The first-order valence-corrected chi connectivity index (χ1v) is 13.0. The lowest BCUT2D eigenvalue weighted by molar-refractivity contribution is 0.00102. The summed E-state index contributed by atoms with van der Waals surface area (Å²) in [5, 5.41) is 24.6. The molecule has 200 valence electrons. The summed E-state index contributed by atoms with van der Waals surface area (Å²) in [7, 11) is 3.31. The molecule has 0 spiro atoms. The van der Waals surface area contributed by atoms with Gasteiger partial charge in [-0.2, -0.15) is 0 Å². The summed E-state index contributed by atoms with van der Waals surface area (Å²) in [6.07, 6.45) is 2.36. The fourth-order valence-electron chi connectivity index (χ4n) is 4.61. The number of rotatable bonds is 17. The van der Waals surface area contributed by atoms with Crippen LogP contribution in [0.2, 0.25) is 0 Å². The van der Waals surface area contributed by atoms with E-state index in [-0.39, 0.29) is 6.61 Å². The molecule has 0 aliphatic rings. The minimum atomic E-state index is -0.838.